The summed E-state index contributed by atoms with van der Waals surface area (Å²) >= 11 is 0. The first-order valence-electron chi connectivity index (χ1n) is 11.2. The minimum Gasteiger partial charge on any atom is -0.495 e. The summed E-state index contributed by atoms with van der Waals surface area (Å²) in [5.41, 5.74) is 4.28. The van der Waals surface area contributed by atoms with Crippen molar-refractivity contribution in [1.82, 2.24) is 5.43 Å². The lowest BCUT2D eigenvalue weighted by molar-refractivity contribution is -0.119. The van der Waals surface area contributed by atoms with Gasteiger partial charge in [-0.25, -0.2) is 10.2 Å². The van der Waals surface area contributed by atoms with Gasteiger partial charge < -0.3 is 19.5 Å². The molecular weight excluding hydrogens is 458 g/mol. The molecule has 1 amide bonds. The molecule has 182 valence electrons. The van der Waals surface area contributed by atoms with Crippen molar-refractivity contribution in [3.63, 3.8) is 0 Å². The van der Waals surface area contributed by atoms with E-state index in [4.69, 9.17) is 14.2 Å². The molecule has 4 aromatic rings. The van der Waals surface area contributed by atoms with E-state index in [1.54, 1.807) is 37.4 Å². The van der Waals surface area contributed by atoms with Crippen LogP contribution in [0.5, 0.6) is 17.2 Å². The highest BCUT2D eigenvalue weighted by Gasteiger charge is 2.15. The Morgan fingerprint density at radius 2 is 1.58 bits per heavy atom. The number of hydrogen-bond acceptors (Lipinski definition) is 7. The van der Waals surface area contributed by atoms with Gasteiger partial charge in [0.05, 0.1) is 38.2 Å². The van der Waals surface area contributed by atoms with E-state index < -0.39 is 5.97 Å². The number of amides is 1. The highest BCUT2D eigenvalue weighted by atomic mass is 16.6. The van der Waals surface area contributed by atoms with Gasteiger partial charge in [-0.2, -0.15) is 5.10 Å². The number of para-hydroxylation sites is 2. The predicted octanol–water partition coefficient (Wildman–Crippen LogP) is 4.64. The van der Waals surface area contributed by atoms with Gasteiger partial charge in [0.15, 0.2) is 11.5 Å². The Balaban J connectivity index is 1.38. The summed E-state index contributed by atoms with van der Waals surface area (Å²) in [6, 6.07) is 25.4. The maximum Gasteiger partial charge on any atom is 0.344 e. The van der Waals surface area contributed by atoms with Crippen molar-refractivity contribution in [2.24, 2.45) is 5.10 Å². The Kier molecular flexibility index (Phi) is 7.77. The van der Waals surface area contributed by atoms with Crippen LogP contribution in [0.25, 0.3) is 10.8 Å². The largest absolute Gasteiger partial charge is 0.495 e. The van der Waals surface area contributed by atoms with Crippen molar-refractivity contribution < 1.29 is 23.8 Å². The first-order valence-corrected chi connectivity index (χ1v) is 11.2. The molecule has 0 bridgehead atoms. The number of hydrogen-bond donors (Lipinski definition) is 2. The lowest BCUT2D eigenvalue weighted by Gasteiger charge is -2.11. The molecule has 8 heteroatoms. The first-order chi connectivity index (χ1) is 17.6. The van der Waals surface area contributed by atoms with E-state index in [0.29, 0.717) is 28.3 Å². The molecule has 4 aromatic carbocycles. The number of nitrogens with zero attached hydrogens (tertiary/aromatic N) is 1. The van der Waals surface area contributed by atoms with Gasteiger partial charge in [-0.1, -0.05) is 48.5 Å². The number of hydrazone groups is 1. The number of anilines is 1. The Labute approximate surface area is 208 Å². The molecule has 0 saturated heterocycles. The highest BCUT2D eigenvalue weighted by Crippen LogP contribution is 2.29. The van der Waals surface area contributed by atoms with Crippen LogP contribution in [-0.4, -0.2) is 38.9 Å². The van der Waals surface area contributed by atoms with Crippen LogP contribution in [0.15, 0.2) is 90.0 Å². The Morgan fingerprint density at radius 3 is 2.42 bits per heavy atom. The van der Waals surface area contributed by atoms with Crippen LogP contribution in [0.1, 0.15) is 15.9 Å². The second kappa shape index (κ2) is 11.5. The molecule has 0 radical (unpaired) electrons. The number of nitrogens with one attached hydrogen (secondary N) is 2. The SMILES string of the molecule is COc1ccccc1NCC(=O)NN=Cc1ccc(OC(=O)c2cccc3ccccc23)c(OC)c1. The van der Waals surface area contributed by atoms with Crippen molar-refractivity contribution in [3.8, 4) is 17.2 Å². The highest BCUT2D eigenvalue weighted by molar-refractivity contribution is 6.05. The van der Waals surface area contributed by atoms with Gasteiger partial charge in [-0.3, -0.25) is 4.79 Å². The second-order valence-electron chi connectivity index (χ2n) is 7.67. The number of ether oxygens (including phenoxy) is 3. The average Bonchev–Trinajstić information content (AvgIpc) is 2.92. The quantitative estimate of drug-likeness (QED) is 0.156. The number of carbonyl (C=O) groups excluding carboxylic acids is 2. The molecule has 0 aromatic heterocycles. The average molecular weight is 484 g/mol. The third-order valence-electron chi connectivity index (χ3n) is 5.35. The third-order valence-corrected chi connectivity index (χ3v) is 5.35. The lowest BCUT2D eigenvalue weighted by atomic mass is 10.0. The fraction of sp³-hybridized carbons (Fsp3) is 0.107. The number of benzene rings is 4. The van der Waals surface area contributed by atoms with E-state index in [-0.39, 0.29) is 18.2 Å². The van der Waals surface area contributed by atoms with Crippen LogP contribution in [-0.2, 0) is 4.79 Å². The molecule has 0 atom stereocenters. The fourth-order valence-electron chi connectivity index (χ4n) is 3.59. The van der Waals surface area contributed by atoms with Gasteiger partial charge in [0.1, 0.15) is 5.75 Å². The minimum atomic E-state index is -0.485. The van der Waals surface area contributed by atoms with E-state index in [1.165, 1.54) is 13.3 Å². The van der Waals surface area contributed by atoms with Crippen LogP contribution in [0.4, 0.5) is 5.69 Å². The summed E-state index contributed by atoms with van der Waals surface area (Å²) in [6.07, 6.45) is 1.47. The monoisotopic (exact) mass is 483 g/mol. The zero-order valence-corrected chi connectivity index (χ0v) is 19.9. The molecular formula is C28H25N3O5. The summed E-state index contributed by atoms with van der Waals surface area (Å²) in [5.74, 6) is 0.461. The summed E-state index contributed by atoms with van der Waals surface area (Å²) in [7, 11) is 3.05. The van der Waals surface area contributed by atoms with Crippen molar-refractivity contribution in [2.45, 2.75) is 0 Å². The molecule has 2 N–H and O–H groups in total. The summed E-state index contributed by atoms with van der Waals surface area (Å²) in [5, 5.41) is 8.75. The molecule has 0 aliphatic rings. The minimum absolute atomic E-state index is 0.0179. The number of esters is 1. The molecule has 0 spiro atoms. The summed E-state index contributed by atoms with van der Waals surface area (Å²) in [4.78, 5) is 25.0. The van der Waals surface area contributed by atoms with Crippen molar-refractivity contribution >= 4 is 34.6 Å². The molecule has 4 rings (SSSR count). The van der Waals surface area contributed by atoms with Crippen molar-refractivity contribution in [1.29, 1.82) is 0 Å². The van der Waals surface area contributed by atoms with E-state index in [9.17, 15) is 9.59 Å². The molecule has 0 saturated carbocycles. The lowest BCUT2D eigenvalue weighted by Crippen LogP contribution is -2.26. The molecule has 0 aliphatic carbocycles. The zero-order valence-electron chi connectivity index (χ0n) is 19.9. The maximum atomic E-state index is 12.9. The third kappa shape index (κ3) is 5.79. The number of methoxy groups -OCH3 is 2. The first kappa shape index (κ1) is 24.3. The zero-order chi connectivity index (χ0) is 25.3. The normalized spacial score (nSPS) is 10.7. The predicted molar refractivity (Wildman–Crippen MR) is 139 cm³/mol. The van der Waals surface area contributed by atoms with Crippen LogP contribution in [0, 0.1) is 0 Å². The van der Waals surface area contributed by atoms with Crippen molar-refractivity contribution in [2.75, 3.05) is 26.1 Å². The van der Waals surface area contributed by atoms with Gasteiger partial charge in [-0.05, 0) is 52.7 Å². The number of rotatable bonds is 9. The van der Waals surface area contributed by atoms with Crippen LogP contribution in [0.2, 0.25) is 0 Å². The van der Waals surface area contributed by atoms with E-state index in [2.05, 4.69) is 15.8 Å². The molecule has 36 heavy (non-hydrogen) atoms. The number of fused-ring (bicyclic) bond motifs is 1. The van der Waals surface area contributed by atoms with Gasteiger partial charge >= 0.3 is 5.97 Å². The Morgan fingerprint density at radius 1 is 0.833 bits per heavy atom. The van der Waals surface area contributed by atoms with Gasteiger partial charge in [-0.15, -0.1) is 0 Å². The van der Waals surface area contributed by atoms with E-state index in [1.807, 2.05) is 54.6 Å². The molecule has 8 nitrogen and oxygen atoms in total. The van der Waals surface area contributed by atoms with Crippen LogP contribution >= 0.6 is 0 Å². The Hall–Kier alpha value is -4.85. The van der Waals surface area contributed by atoms with Crippen molar-refractivity contribution in [3.05, 3.63) is 96.1 Å². The van der Waals surface area contributed by atoms with E-state index >= 15 is 0 Å². The standard InChI is InChI=1S/C28H25N3O5/c1-34-24-13-6-5-12-23(24)29-18-27(32)31-30-17-19-14-15-25(26(16-19)35-2)36-28(33)22-11-7-9-20-8-3-4-10-21(20)22/h3-17,29H,18H2,1-2H3,(H,31,32). The van der Waals surface area contributed by atoms with E-state index in [0.717, 1.165) is 10.8 Å². The maximum absolute atomic E-state index is 12.9. The second-order valence-corrected chi connectivity index (χ2v) is 7.67. The van der Waals surface area contributed by atoms with Crippen LogP contribution < -0.4 is 25.0 Å². The summed E-state index contributed by atoms with van der Waals surface area (Å²) in [6.45, 7) is 0.0179. The molecule has 0 fully saturated rings. The summed E-state index contributed by atoms with van der Waals surface area (Å²) < 4.78 is 16.3. The number of carbonyl (C=O) groups is 2. The topological polar surface area (TPSA) is 98.3 Å². The molecule has 0 heterocycles. The van der Waals surface area contributed by atoms with Gasteiger partial charge in [0.2, 0.25) is 0 Å². The molecule has 0 unspecified atom stereocenters. The smallest absolute Gasteiger partial charge is 0.344 e. The van der Waals surface area contributed by atoms with Crippen LogP contribution in [0.3, 0.4) is 0 Å². The molecule has 0 aliphatic heterocycles. The fourth-order valence-corrected chi connectivity index (χ4v) is 3.59. The van der Waals surface area contributed by atoms with Gasteiger partial charge in [0.25, 0.3) is 5.91 Å². The van der Waals surface area contributed by atoms with Gasteiger partial charge in [0, 0.05) is 0 Å². The Bertz CT molecular complexity index is 1410.